The number of carbonyl (C=O) groups excluding carboxylic acids is 1. The van der Waals surface area contributed by atoms with E-state index in [9.17, 15) is 4.79 Å². The third-order valence-electron chi connectivity index (χ3n) is 3.74. The molecule has 0 spiro atoms. The number of piperidine rings is 1. The van der Waals surface area contributed by atoms with Gasteiger partial charge in [0, 0.05) is 19.6 Å². The van der Waals surface area contributed by atoms with Crippen molar-refractivity contribution >= 4 is 11.6 Å². The minimum absolute atomic E-state index is 0. The summed E-state index contributed by atoms with van der Waals surface area (Å²) in [4.78, 5) is 13.8. The molecule has 1 aliphatic heterocycles. The molecule has 0 radical (unpaired) electrons. The SMILES string of the molecule is C.CC.CC(C)c1cccc(N2C(=O)CC3CC32)c1.[HH]. The lowest BCUT2D eigenvalue weighted by Gasteiger charge is -2.20. The van der Waals surface area contributed by atoms with E-state index >= 15 is 0 Å². The minimum atomic E-state index is 0. The molecule has 1 aliphatic carbocycles. The largest absolute Gasteiger partial charge is 0.309 e. The van der Waals surface area contributed by atoms with Gasteiger partial charge in [0.1, 0.15) is 0 Å². The number of anilines is 1. The number of hydrogen-bond donors (Lipinski definition) is 0. The summed E-state index contributed by atoms with van der Waals surface area (Å²) in [6, 6.07) is 8.94. The van der Waals surface area contributed by atoms with Crippen LogP contribution in [-0.2, 0) is 4.79 Å². The summed E-state index contributed by atoms with van der Waals surface area (Å²) in [5, 5.41) is 0. The van der Waals surface area contributed by atoms with E-state index in [0.717, 1.165) is 12.1 Å². The fourth-order valence-electron chi connectivity index (χ4n) is 2.64. The number of amides is 1. The topological polar surface area (TPSA) is 20.3 Å². The number of fused-ring (bicyclic) bond motifs is 1. The number of hydrogen-bond acceptors (Lipinski definition) is 1. The second kappa shape index (κ2) is 6.23. The Balaban J connectivity index is 0.000000866. The van der Waals surface area contributed by atoms with Gasteiger partial charge < -0.3 is 4.90 Å². The summed E-state index contributed by atoms with van der Waals surface area (Å²) in [6.07, 6.45) is 1.97. The van der Waals surface area contributed by atoms with Crippen molar-refractivity contribution in [2.24, 2.45) is 5.92 Å². The van der Waals surface area contributed by atoms with Crippen molar-refractivity contribution in [3.63, 3.8) is 0 Å². The van der Waals surface area contributed by atoms with Gasteiger partial charge in [-0.05, 0) is 36.0 Å². The van der Waals surface area contributed by atoms with E-state index in [1.165, 1.54) is 12.0 Å². The van der Waals surface area contributed by atoms with E-state index < -0.39 is 0 Å². The highest BCUT2D eigenvalue weighted by Crippen LogP contribution is 2.47. The molecule has 19 heavy (non-hydrogen) atoms. The second-order valence-corrected chi connectivity index (χ2v) is 5.28. The van der Waals surface area contributed by atoms with Crippen LogP contribution in [-0.4, -0.2) is 11.9 Å². The first kappa shape index (κ1) is 15.7. The zero-order valence-electron chi connectivity index (χ0n) is 11.8. The van der Waals surface area contributed by atoms with Gasteiger partial charge in [-0.25, -0.2) is 0 Å². The normalized spacial score (nSPS) is 23.4. The van der Waals surface area contributed by atoms with Crippen molar-refractivity contribution in [3.05, 3.63) is 29.8 Å². The molecule has 1 aromatic carbocycles. The number of carbonyl (C=O) groups is 1. The molecule has 1 aromatic rings. The van der Waals surface area contributed by atoms with Gasteiger partial charge in [-0.15, -0.1) is 0 Å². The average molecular weight is 263 g/mol. The molecule has 0 bridgehead atoms. The molecular formula is C17H29NO. The number of benzene rings is 1. The Bertz CT molecular complexity index is 444. The third kappa shape index (κ3) is 2.99. The van der Waals surface area contributed by atoms with Crippen LogP contribution < -0.4 is 4.90 Å². The van der Waals surface area contributed by atoms with Crippen molar-refractivity contribution in [3.8, 4) is 0 Å². The predicted octanol–water partition coefficient (Wildman–Crippen LogP) is 4.84. The summed E-state index contributed by atoms with van der Waals surface area (Å²) in [7, 11) is 0. The Labute approximate surface area is 119 Å². The highest BCUT2D eigenvalue weighted by Gasteiger charge is 2.51. The Morgan fingerprint density at radius 3 is 2.53 bits per heavy atom. The Hall–Kier alpha value is -1.31. The van der Waals surface area contributed by atoms with Crippen LogP contribution in [0, 0.1) is 5.92 Å². The van der Waals surface area contributed by atoms with Gasteiger partial charge in [0.2, 0.25) is 5.91 Å². The van der Waals surface area contributed by atoms with Crippen LogP contribution in [0.5, 0.6) is 0 Å². The molecule has 108 valence electrons. The first-order valence-corrected chi connectivity index (χ1v) is 7.09. The van der Waals surface area contributed by atoms with Crippen molar-refractivity contribution in [2.75, 3.05) is 4.90 Å². The van der Waals surface area contributed by atoms with Crippen molar-refractivity contribution in [1.82, 2.24) is 0 Å². The zero-order valence-corrected chi connectivity index (χ0v) is 11.8. The lowest BCUT2D eigenvalue weighted by molar-refractivity contribution is -0.117. The molecule has 2 aliphatic rings. The number of nitrogens with zero attached hydrogens (tertiary/aromatic N) is 1. The molecule has 2 atom stereocenters. The van der Waals surface area contributed by atoms with Crippen LogP contribution in [0.25, 0.3) is 0 Å². The van der Waals surface area contributed by atoms with Gasteiger partial charge in [-0.1, -0.05) is 47.3 Å². The van der Waals surface area contributed by atoms with Crippen LogP contribution >= 0.6 is 0 Å². The van der Waals surface area contributed by atoms with E-state index in [-0.39, 0.29) is 8.85 Å². The highest BCUT2D eigenvalue weighted by atomic mass is 16.2. The van der Waals surface area contributed by atoms with E-state index in [1.54, 1.807) is 0 Å². The van der Waals surface area contributed by atoms with Gasteiger partial charge in [0.25, 0.3) is 0 Å². The summed E-state index contributed by atoms with van der Waals surface area (Å²) in [5.41, 5.74) is 2.41. The van der Waals surface area contributed by atoms with Gasteiger partial charge in [0.05, 0.1) is 0 Å². The molecule has 2 heteroatoms. The molecule has 2 fully saturated rings. The zero-order chi connectivity index (χ0) is 13.3. The van der Waals surface area contributed by atoms with Crippen LogP contribution in [0.2, 0.25) is 0 Å². The van der Waals surface area contributed by atoms with E-state index in [4.69, 9.17) is 0 Å². The third-order valence-corrected chi connectivity index (χ3v) is 3.74. The fraction of sp³-hybridized carbons (Fsp3) is 0.588. The summed E-state index contributed by atoms with van der Waals surface area (Å²) in [6.45, 7) is 8.37. The quantitative estimate of drug-likeness (QED) is 0.747. The van der Waals surface area contributed by atoms with Gasteiger partial charge in [-0.2, -0.15) is 0 Å². The standard InChI is InChI=1S/C14H17NO.C2H6.CH4.H2/c1-9(2)10-4-3-5-12(6-10)15-13-7-11(13)8-14(15)16;1-2;;/h3-6,9,11,13H,7-8H2,1-2H3;1-2H3;1H4;1H. The highest BCUT2D eigenvalue weighted by molar-refractivity contribution is 5.98. The molecule has 1 heterocycles. The fourth-order valence-corrected chi connectivity index (χ4v) is 2.64. The smallest absolute Gasteiger partial charge is 0.227 e. The maximum absolute atomic E-state index is 11.8. The van der Waals surface area contributed by atoms with E-state index in [0.29, 0.717) is 23.8 Å². The molecule has 0 N–H and O–H groups in total. The maximum atomic E-state index is 11.8. The van der Waals surface area contributed by atoms with Crippen molar-refractivity contribution in [1.29, 1.82) is 0 Å². The van der Waals surface area contributed by atoms with Crippen LogP contribution in [0.15, 0.2) is 24.3 Å². The average Bonchev–Trinajstić information content (AvgIpc) is 3.04. The Kier molecular flexibility index (Phi) is 5.16. The van der Waals surface area contributed by atoms with Crippen molar-refractivity contribution in [2.45, 2.75) is 59.9 Å². The molecule has 0 aromatic heterocycles. The number of rotatable bonds is 2. The predicted molar refractivity (Wildman–Crippen MR) is 84.7 cm³/mol. The maximum Gasteiger partial charge on any atom is 0.227 e. The first-order valence-electron chi connectivity index (χ1n) is 7.09. The van der Waals surface area contributed by atoms with E-state index in [2.05, 4.69) is 38.1 Å². The van der Waals surface area contributed by atoms with Crippen molar-refractivity contribution < 1.29 is 6.22 Å². The van der Waals surface area contributed by atoms with Gasteiger partial charge in [0.15, 0.2) is 0 Å². The lowest BCUT2D eigenvalue weighted by Crippen LogP contribution is -2.27. The van der Waals surface area contributed by atoms with Gasteiger partial charge in [-0.3, -0.25) is 4.79 Å². The monoisotopic (exact) mass is 263 g/mol. The molecule has 3 rings (SSSR count). The molecule has 1 saturated heterocycles. The van der Waals surface area contributed by atoms with Gasteiger partial charge >= 0.3 is 0 Å². The summed E-state index contributed by atoms with van der Waals surface area (Å²) < 4.78 is 0. The van der Waals surface area contributed by atoms with Crippen LogP contribution in [0.1, 0.15) is 60.9 Å². The summed E-state index contributed by atoms with van der Waals surface area (Å²) >= 11 is 0. The lowest BCUT2D eigenvalue weighted by atomic mass is 10.0. The Morgan fingerprint density at radius 2 is 2.00 bits per heavy atom. The molecule has 2 unspecified atom stereocenters. The summed E-state index contributed by atoms with van der Waals surface area (Å²) in [5.74, 6) is 1.48. The van der Waals surface area contributed by atoms with E-state index in [1.807, 2.05) is 18.7 Å². The molecule has 2 nitrogen and oxygen atoms in total. The molecular weight excluding hydrogens is 234 g/mol. The Morgan fingerprint density at radius 1 is 1.32 bits per heavy atom. The minimum Gasteiger partial charge on any atom is -0.309 e. The van der Waals surface area contributed by atoms with Crippen LogP contribution in [0.4, 0.5) is 5.69 Å². The molecule has 1 saturated carbocycles. The second-order valence-electron chi connectivity index (χ2n) is 5.28. The van der Waals surface area contributed by atoms with Crippen LogP contribution in [0.3, 0.4) is 0 Å². The molecule has 1 amide bonds. The first-order chi connectivity index (χ1) is 8.66.